The number of hydrogen-bond donors (Lipinski definition) is 2. The number of ether oxygens (including phenoxy) is 2. The molecule has 1 aromatic carbocycles. The molecule has 2 N–H and O–H groups in total. The second-order valence-corrected chi connectivity index (χ2v) is 7.33. The van der Waals surface area contributed by atoms with E-state index >= 15 is 0 Å². The molecule has 0 radical (unpaired) electrons. The van der Waals surface area contributed by atoms with Crippen molar-refractivity contribution in [3.8, 4) is 5.75 Å². The molecule has 1 aliphatic carbocycles. The fourth-order valence-corrected chi connectivity index (χ4v) is 3.72. The van der Waals surface area contributed by atoms with Crippen LogP contribution in [0, 0.1) is 12.8 Å². The summed E-state index contributed by atoms with van der Waals surface area (Å²) < 4.78 is 10.1. The van der Waals surface area contributed by atoms with Crippen molar-refractivity contribution in [3.05, 3.63) is 47.8 Å². The van der Waals surface area contributed by atoms with E-state index in [2.05, 4.69) is 15.6 Å². The molecule has 154 valence electrons. The highest BCUT2D eigenvalue weighted by Crippen LogP contribution is 2.35. The molecule has 2 aromatic rings. The van der Waals surface area contributed by atoms with Gasteiger partial charge in [0, 0.05) is 11.6 Å². The van der Waals surface area contributed by atoms with Crippen LogP contribution in [0.2, 0.25) is 0 Å². The number of nitrogens with zero attached hydrogens (tertiary/aromatic N) is 1. The number of anilines is 2. The third-order valence-electron chi connectivity index (χ3n) is 5.33. The van der Waals surface area contributed by atoms with Crippen LogP contribution in [0.3, 0.4) is 0 Å². The van der Waals surface area contributed by atoms with Crippen LogP contribution in [-0.4, -0.2) is 31.2 Å². The quantitative estimate of drug-likeness (QED) is 0.726. The summed E-state index contributed by atoms with van der Waals surface area (Å²) in [6.07, 6.45) is 5.12. The van der Waals surface area contributed by atoms with Crippen molar-refractivity contribution in [1.29, 1.82) is 0 Å². The number of amides is 2. The molecule has 0 bridgehead atoms. The number of carbonyl (C=O) groups excluding carboxylic acids is 2. The average Bonchev–Trinajstić information content (AvgIpc) is 2.74. The van der Waals surface area contributed by atoms with E-state index in [1.165, 1.54) is 7.11 Å². The van der Waals surface area contributed by atoms with Crippen LogP contribution in [0.5, 0.6) is 5.75 Å². The first kappa shape index (κ1) is 20.6. The van der Waals surface area contributed by atoms with E-state index in [1.54, 1.807) is 13.3 Å². The van der Waals surface area contributed by atoms with Crippen molar-refractivity contribution < 1.29 is 19.1 Å². The Balaban J connectivity index is 1.56. The van der Waals surface area contributed by atoms with Crippen LogP contribution in [0.4, 0.5) is 16.2 Å². The van der Waals surface area contributed by atoms with Gasteiger partial charge in [-0.3, -0.25) is 9.78 Å². The van der Waals surface area contributed by atoms with Crippen molar-refractivity contribution >= 4 is 23.4 Å². The number of esters is 1. The molecular formula is C22H27N3O4. The summed E-state index contributed by atoms with van der Waals surface area (Å²) in [7, 11) is 3.00. The lowest BCUT2D eigenvalue weighted by atomic mass is 9.80. The van der Waals surface area contributed by atoms with Gasteiger partial charge >= 0.3 is 12.0 Å². The monoisotopic (exact) mass is 397 g/mol. The van der Waals surface area contributed by atoms with E-state index < -0.39 is 0 Å². The van der Waals surface area contributed by atoms with E-state index in [4.69, 9.17) is 9.47 Å². The lowest BCUT2D eigenvalue weighted by Gasteiger charge is -2.26. The number of nitrogens with one attached hydrogen (secondary N) is 2. The molecule has 0 aliphatic heterocycles. The minimum absolute atomic E-state index is 0.000463. The Morgan fingerprint density at radius 1 is 1.03 bits per heavy atom. The number of aryl methyl sites for hydroxylation is 1. The molecule has 29 heavy (non-hydrogen) atoms. The zero-order valence-electron chi connectivity index (χ0n) is 17.0. The van der Waals surface area contributed by atoms with Gasteiger partial charge in [0.25, 0.3) is 0 Å². The largest absolute Gasteiger partial charge is 0.495 e. The Morgan fingerprint density at radius 3 is 2.41 bits per heavy atom. The highest BCUT2D eigenvalue weighted by Gasteiger charge is 2.28. The smallest absolute Gasteiger partial charge is 0.323 e. The summed E-state index contributed by atoms with van der Waals surface area (Å²) in [5, 5.41) is 5.59. The fraction of sp³-hybridized carbons (Fsp3) is 0.409. The zero-order valence-corrected chi connectivity index (χ0v) is 17.0. The Hall–Kier alpha value is -3.09. The maximum Gasteiger partial charge on any atom is 0.323 e. The predicted molar refractivity (Wildman–Crippen MR) is 111 cm³/mol. The second-order valence-electron chi connectivity index (χ2n) is 7.33. The van der Waals surface area contributed by atoms with Gasteiger partial charge in [0.15, 0.2) is 0 Å². The molecule has 7 heteroatoms. The number of rotatable bonds is 5. The number of carbonyl (C=O) groups is 2. The molecule has 1 saturated carbocycles. The van der Waals surface area contributed by atoms with Gasteiger partial charge in [-0.1, -0.05) is 6.07 Å². The van der Waals surface area contributed by atoms with Crippen LogP contribution < -0.4 is 15.4 Å². The Morgan fingerprint density at radius 2 is 1.79 bits per heavy atom. The summed E-state index contributed by atoms with van der Waals surface area (Å²) in [4.78, 5) is 28.5. The van der Waals surface area contributed by atoms with Gasteiger partial charge in [0.2, 0.25) is 0 Å². The first-order valence-electron chi connectivity index (χ1n) is 9.76. The molecule has 0 saturated heterocycles. The molecule has 0 spiro atoms. The van der Waals surface area contributed by atoms with E-state index in [0.717, 1.165) is 36.9 Å². The molecule has 2 amide bonds. The minimum atomic E-state index is -0.359. The topological polar surface area (TPSA) is 89.6 Å². The normalized spacial score (nSPS) is 18.6. The van der Waals surface area contributed by atoms with Gasteiger partial charge in [-0.05, 0) is 62.4 Å². The van der Waals surface area contributed by atoms with Crippen LogP contribution in [-0.2, 0) is 9.53 Å². The van der Waals surface area contributed by atoms with E-state index in [9.17, 15) is 9.59 Å². The van der Waals surface area contributed by atoms with Gasteiger partial charge < -0.3 is 20.1 Å². The predicted octanol–water partition coefficient (Wildman–Crippen LogP) is 4.49. The summed E-state index contributed by atoms with van der Waals surface area (Å²) >= 11 is 0. The van der Waals surface area contributed by atoms with Crippen molar-refractivity contribution in [3.63, 3.8) is 0 Å². The Labute approximate surface area is 170 Å². The van der Waals surface area contributed by atoms with Crippen LogP contribution in [0.25, 0.3) is 0 Å². The SMILES string of the molecule is COc1ccc(C)cc1NC(=O)Nc1ccc([C@H]2CC[C@H](C(=O)OC)CC2)nc1. The van der Waals surface area contributed by atoms with Crippen molar-refractivity contribution in [2.24, 2.45) is 5.92 Å². The highest BCUT2D eigenvalue weighted by atomic mass is 16.5. The summed E-state index contributed by atoms with van der Waals surface area (Å²) in [6, 6.07) is 9.01. The zero-order chi connectivity index (χ0) is 20.8. The van der Waals surface area contributed by atoms with Gasteiger partial charge in [-0.25, -0.2) is 4.79 Å². The van der Waals surface area contributed by atoms with Crippen LogP contribution >= 0.6 is 0 Å². The average molecular weight is 397 g/mol. The summed E-state index contributed by atoms with van der Waals surface area (Å²) in [6.45, 7) is 1.95. The number of urea groups is 1. The van der Waals surface area contributed by atoms with Crippen LogP contribution in [0.1, 0.15) is 42.9 Å². The number of aromatic nitrogens is 1. The molecule has 3 rings (SSSR count). The van der Waals surface area contributed by atoms with Gasteiger partial charge in [-0.15, -0.1) is 0 Å². The van der Waals surface area contributed by atoms with Crippen molar-refractivity contribution in [2.45, 2.75) is 38.5 Å². The van der Waals surface area contributed by atoms with Gasteiger partial charge in [0.05, 0.1) is 37.7 Å². The minimum Gasteiger partial charge on any atom is -0.495 e. The summed E-state index contributed by atoms with van der Waals surface area (Å²) in [5.74, 6) is 0.809. The Kier molecular flexibility index (Phi) is 6.69. The molecule has 7 nitrogen and oxygen atoms in total. The molecule has 1 aliphatic rings. The Bertz CT molecular complexity index is 859. The first-order valence-corrected chi connectivity index (χ1v) is 9.76. The third kappa shape index (κ3) is 5.25. The number of benzene rings is 1. The third-order valence-corrected chi connectivity index (χ3v) is 5.33. The standard InChI is InChI=1S/C22H27N3O4/c1-14-4-11-20(28-2)19(12-14)25-22(27)24-17-9-10-18(23-13-17)15-5-7-16(8-6-15)21(26)29-3/h4,9-13,15-16H,5-8H2,1-3H3,(H2,24,25,27)/t15-,16-. The lowest BCUT2D eigenvalue weighted by Crippen LogP contribution is -2.22. The molecule has 1 fully saturated rings. The highest BCUT2D eigenvalue weighted by molar-refractivity contribution is 6.00. The number of pyridine rings is 1. The van der Waals surface area contributed by atoms with E-state index in [-0.39, 0.29) is 17.9 Å². The maximum atomic E-state index is 12.3. The number of hydrogen-bond acceptors (Lipinski definition) is 5. The van der Waals surface area contributed by atoms with Gasteiger partial charge in [-0.2, -0.15) is 0 Å². The van der Waals surface area contributed by atoms with E-state index in [0.29, 0.717) is 23.0 Å². The molecule has 0 atom stereocenters. The molecule has 1 aromatic heterocycles. The maximum absolute atomic E-state index is 12.3. The number of methoxy groups -OCH3 is 2. The first-order chi connectivity index (χ1) is 14.0. The molecular weight excluding hydrogens is 370 g/mol. The second kappa shape index (κ2) is 9.41. The fourth-order valence-electron chi connectivity index (χ4n) is 3.72. The molecule has 0 unspecified atom stereocenters. The lowest BCUT2D eigenvalue weighted by molar-refractivity contribution is -0.146. The summed E-state index contributed by atoms with van der Waals surface area (Å²) in [5.41, 5.74) is 3.23. The van der Waals surface area contributed by atoms with Crippen molar-refractivity contribution in [2.75, 3.05) is 24.9 Å². The van der Waals surface area contributed by atoms with Gasteiger partial charge in [0.1, 0.15) is 5.75 Å². The van der Waals surface area contributed by atoms with E-state index in [1.807, 2.05) is 37.3 Å². The molecule has 1 heterocycles. The van der Waals surface area contributed by atoms with Crippen LogP contribution in [0.15, 0.2) is 36.5 Å². The van der Waals surface area contributed by atoms with Crippen molar-refractivity contribution in [1.82, 2.24) is 4.98 Å².